The number of amides is 3. The van der Waals surface area contributed by atoms with Crippen LogP contribution in [0.5, 0.6) is 11.5 Å². The van der Waals surface area contributed by atoms with Crippen LogP contribution in [-0.2, 0) is 20.9 Å². The molecule has 1 aliphatic heterocycles. The van der Waals surface area contributed by atoms with Gasteiger partial charge < -0.3 is 25.0 Å². The van der Waals surface area contributed by atoms with Crippen molar-refractivity contribution < 1.29 is 24.2 Å². The lowest BCUT2D eigenvalue weighted by Gasteiger charge is -2.31. The van der Waals surface area contributed by atoms with Crippen molar-refractivity contribution in [1.82, 2.24) is 15.1 Å². The van der Waals surface area contributed by atoms with Crippen LogP contribution in [0.1, 0.15) is 64.9 Å². The summed E-state index contributed by atoms with van der Waals surface area (Å²) in [5.41, 5.74) is 0.951. The maximum Gasteiger partial charge on any atom is 0.245 e. The summed E-state index contributed by atoms with van der Waals surface area (Å²) in [5, 5.41) is 12.6. The Labute approximate surface area is 238 Å². The molecule has 0 bridgehead atoms. The van der Waals surface area contributed by atoms with E-state index in [1.54, 1.807) is 7.05 Å². The molecule has 0 aromatic heterocycles. The van der Waals surface area contributed by atoms with Crippen molar-refractivity contribution in [2.45, 2.75) is 71.9 Å². The summed E-state index contributed by atoms with van der Waals surface area (Å²) in [6, 6.07) is 16.6. The van der Waals surface area contributed by atoms with Crippen LogP contribution in [0.2, 0.25) is 0 Å². The Morgan fingerprint density at radius 3 is 2.48 bits per heavy atom. The van der Waals surface area contributed by atoms with Gasteiger partial charge in [-0.1, -0.05) is 57.5 Å². The van der Waals surface area contributed by atoms with Crippen LogP contribution in [0, 0.1) is 17.8 Å². The molecule has 40 heavy (non-hydrogen) atoms. The Hall–Kier alpha value is -3.39. The lowest BCUT2D eigenvalue weighted by Crippen LogP contribution is -2.51. The van der Waals surface area contributed by atoms with E-state index in [2.05, 4.69) is 5.32 Å². The van der Waals surface area contributed by atoms with Crippen molar-refractivity contribution in [2.24, 2.45) is 17.8 Å². The van der Waals surface area contributed by atoms with Crippen molar-refractivity contribution in [1.29, 1.82) is 0 Å². The second kappa shape index (κ2) is 15.4. The molecule has 2 aromatic rings. The maximum absolute atomic E-state index is 13.7. The number of carbonyl (C=O) groups excluding carboxylic acids is 3. The van der Waals surface area contributed by atoms with Gasteiger partial charge in [0.05, 0.1) is 0 Å². The molecule has 3 unspecified atom stereocenters. The minimum Gasteiger partial charge on any atom is -0.457 e. The van der Waals surface area contributed by atoms with Crippen molar-refractivity contribution in [3.63, 3.8) is 0 Å². The van der Waals surface area contributed by atoms with E-state index in [-0.39, 0.29) is 23.6 Å². The molecular formula is C32H45N3O5. The number of aliphatic hydroxyl groups excluding tert-OH is 1. The van der Waals surface area contributed by atoms with Crippen LogP contribution < -0.4 is 10.1 Å². The second-order valence-corrected chi connectivity index (χ2v) is 11.2. The van der Waals surface area contributed by atoms with E-state index >= 15 is 0 Å². The number of carbonyl (C=O) groups is 3. The zero-order valence-electron chi connectivity index (χ0n) is 24.3. The van der Waals surface area contributed by atoms with Gasteiger partial charge in [-0.05, 0) is 67.9 Å². The van der Waals surface area contributed by atoms with E-state index in [0.717, 1.165) is 30.6 Å². The molecule has 2 N–H and O–H groups in total. The fourth-order valence-corrected chi connectivity index (χ4v) is 5.35. The molecule has 3 atom stereocenters. The van der Waals surface area contributed by atoms with E-state index in [9.17, 15) is 19.5 Å². The molecule has 1 fully saturated rings. The van der Waals surface area contributed by atoms with Crippen LogP contribution in [-0.4, -0.2) is 59.0 Å². The number of nitrogens with zero attached hydrogens (tertiary/aromatic N) is 2. The van der Waals surface area contributed by atoms with Gasteiger partial charge in [-0.2, -0.15) is 0 Å². The quantitative estimate of drug-likeness (QED) is 0.343. The SMILES string of the molecule is CCCC(C(=O)N(C)CO)C(CC(C)C)C(=O)NC1CCCCN(Cc2cccc(Oc3ccccc3)c2)C1=O. The highest BCUT2D eigenvalue weighted by molar-refractivity contribution is 5.91. The van der Waals surface area contributed by atoms with Gasteiger partial charge in [0.2, 0.25) is 17.7 Å². The molecule has 0 aliphatic carbocycles. The van der Waals surface area contributed by atoms with Gasteiger partial charge in [0.25, 0.3) is 0 Å². The van der Waals surface area contributed by atoms with Gasteiger partial charge in [-0.25, -0.2) is 0 Å². The third kappa shape index (κ3) is 8.81. The van der Waals surface area contributed by atoms with Crippen molar-refractivity contribution in [2.75, 3.05) is 20.3 Å². The molecule has 3 amide bonds. The summed E-state index contributed by atoms with van der Waals surface area (Å²) in [7, 11) is 1.54. The zero-order valence-corrected chi connectivity index (χ0v) is 24.3. The van der Waals surface area contributed by atoms with Gasteiger partial charge >= 0.3 is 0 Å². The largest absolute Gasteiger partial charge is 0.457 e. The predicted molar refractivity (Wildman–Crippen MR) is 155 cm³/mol. The summed E-state index contributed by atoms with van der Waals surface area (Å²) >= 11 is 0. The van der Waals surface area contributed by atoms with Crippen molar-refractivity contribution in [3.8, 4) is 11.5 Å². The molecule has 8 heteroatoms. The number of rotatable bonds is 13. The van der Waals surface area contributed by atoms with Crippen LogP contribution >= 0.6 is 0 Å². The molecule has 1 aliphatic rings. The topological polar surface area (TPSA) is 99.2 Å². The third-order valence-corrected chi connectivity index (χ3v) is 7.40. The molecular weight excluding hydrogens is 506 g/mol. The van der Waals surface area contributed by atoms with Gasteiger partial charge in [-0.15, -0.1) is 0 Å². The summed E-state index contributed by atoms with van der Waals surface area (Å²) in [4.78, 5) is 43.5. The number of para-hydroxylation sites is 1. The van der Waals surface area contributed by atoms with E-state index < -0.39 is 24.6 Å². The summed E-state index contributed by atoms with van der Waals surface area (Å²) in [6.07, 6.45) is 4.05. The summed E-state index contributed by atoms with van der Waals surface area (Å²) < 4.78 is 5.97. The number of nitrogens with one attached hydrogen (secondary N) is 1. The zero-order chi connectivity index (χ0) is 29.1. The minimum atomic E-state index is -0.638. The monoisotopic (exact) mass is 551 g/mol. The molecule has 2 aromatic carbocycles. The normalized spacial score (nSPS) is 17.2. The smallest absolute Gasteiger partial charge is 0.245 e. The number of aliphatic hydroxyl groups is 1. The molecule has 3 rings (SSSR count). The first-order valence-corrected chi connectivity index (χ1v) is 14.5. The fraction of sp³-hybridized carbons (Fsp3) is 0.531. The molecule has 0 spiro atoms. The Balaban J connectivity index is 1.74. The highest BCUT2D eigenvalue weighted by Crippen LogP contribution is 2.28. The highest BCUT2D eigenvalue weighted by atomic mass is 16.5. The van der Waals surface area contributed by atoms with E-state index in [1.165, 1.54) is 4.90 Å². The fourth-order valence-electron chi connectivity index (χ4n) is 5.35. The lowest BCUT2D eigenvalue weighted by molar-refractivity contribution is -0.145. The van der Waals surface area contributed by atoms with Gasteiger partial charge in [-0.3, -0.25) is 14.4 Å². The summed E-state index contributed by atoms with van der Waals surface area (Å²) in [6.45, 7) is 6.67. The lowest BCUT2D eigenvalue weighted by atomic mass is 9.81. The first-order chi connectivity index (χ1) is 19.2. The Morgan fingerprint density at radius 1 is 1.07 bits per heavy atom. The Morgan fingerprint density at radius 2 is 1.80 bits per heavy atom. The van der Waals surface area contributed by atoms with Crippen LogP contribution in [0.4, 0.5) is 0 Å². The highest BCUT2D eigenvalue weighted by Gasteiger charge is 2.37. The Kier molecular flexibility index (Phi) is 12.0. The Bertz CT molecular complexity index is 1110. The van der Waals surface area contributed by atoms with Crippen LogP contribution in [0.25, 0.3) is 0 Å². The van der Waals surface area contributed by atoms with Gasteiger partial charge in [0.15, 0.2) is 0 Å². The maximum atomic E-state index is 13.7. The average molecular weight is 552 g/mol. The predicted octanol–water partition coefficient (Wildman–Crippen LogP) is 4.96. The first-order valence-electron chi connectivity index (χ1n) is 14.5. The number of ether oxygens (including phenoxy) is 1. The van der Waals surface area contributed by atoms with Crippen LogP contribution in [0.15, 0.2) is 54.6 Å². The average Bonchev–Trinajstić information content (AvgIpc) is 3.11. The molecule has 0 radical (unpaired) electrons. The number of benzene rings is 2. The van der Waals surface area contributed by atoms with Crippen molar-refractivity contribution in [3.05, 3.63) is 60.2 Å². The second-order valence-electron chi connectivity index (χ2n) is 11.2. The minimum absolute atomic E-state index is 0.102. The number of hydrogen-bond donors (Lipinski definition) is 2. The molecule has 1 saturated heterocycles. The molecule has 1 heterocycles. The molecule has 8 nitrogen and oxygen atoms in total. The standard InChI is InChI=1S/C32H45N3O5/c1-5-12-27(31(38)34(4)22-36)28(19-23(2)3)30(37)33-29-17-9-10-18-35(32(29)39)21-24-13-11-16-26(20-24)40-25-14-7-6-8-15-25/h6-8,11,13-16,20,23,27-29,36H,5,9-10,12,17-19,21-22H2,1-4H3,(H,33,37). The molecule has 0 saturated carbocycles. The summed E-state index contributed by atoms with van der Waals surface area (Å²) in [5.74, 6) is -0.0851. The number of likely N-dealkylation sites (tertiary alicyclic amines) is 1. The van der Waals surface area contributed by atoms with E-state index in [0.29, 0.717) is 38.1 Å². The van der Waals surface area contributed by atoms with E-state index in [4.69, 9.17) is 4.74 Å². The third-order valence-electron chi connectivity index (χ3n) is 7.40. The van der Waals surface area contributed by atoms with Gasteiger partial charge in [0, 0.05) is 32.0 Å². The first kappa shape index (κ1) is 31.1. The van der Waals surface area contributed by atoms with Crippen molar-refractivity contribution >= 4 is 17.7 Å². The number of hydrogen-bond acceptors (Lipinski definition) is 5. The van der Waals surface area contributed by atoms with E-state index in [1.807, 2.05) is 80.3 Å². The molecule has 218 valence electrons. The van der Waals surface area contributed by atoms with Gasteiger partial charge in [0.1, 0.15) is 24.3 Å². The van der Waals surface area contributed by atoms with Crippen LogP contribution in [0.3, 0.4) is 0 Å².